The van der Waals surface area contributed by atoms with Crippen LogP contribution in [0.25, 0.3) is 0 Å². The van der Waals surface area contributed by atoms with Gasteiger partial charge < -0.3 is 25.2 Å². The molecule has 1 saturated heterocycles. The van der Waals surface area contributed by atoms with E-state index in [0.29, 0.717) is 42.5 Å². The number of carbonyl (C=O) groups excluding carboxylic acids is 2. The van der Waals surface area contributed by atoms with Crippen LogP contribution in [0.4, 0.5) is 11.4 Å². The van der Waals surface area contributed by atoms with Crippen LogP contribution in [0.5, 0.6) is 0 Å². The number of nitrogens with zero attached hydrogens (tertiary/aromatic N) is 1. The second-order valence-electron chi connectivity index (χ2n) is 5.40. The van der Waals surface area contributed by atoms with Crippen LogP contribution in [-0.4, -0.2) is 42.8 Å². The van der Waals surface area contributed by atoms with E-state index in [0.717, 1.165) is 0 Å². The van der Waals surface area contributed by atoms with Gasteiger partial charge in [-0.1, -0.05) is 5.16 Å². The van der Waals surface area contributed by atoms with E-state index >= 15 is 0 Å². The van der Waals surface area contributed by atoms with E-state index in [1.165, 1.54) is 6.20 Å². The number of ether oxygens (including phenoxy) is 1. The van der Waals surface area contributed by atoms with Gasteiger partial charge in [0.2, 0.25) is 5.91 Å². The van der Waals surface area contributed by atoms with Crippen molar-refractivity contribution in [3.63, 3.8) is 0 Å². The highest BCUT2D eigenvalue weighted by Crippen LogP contribution is 2.16. The van der Waals surface area contributed by atoms with Crippen LogP contribution in [0.1, 0.15) is 16.1 Å². The Kier molecular flexibility index (Phi) is 6.51. The number of anilines is 2. The Morgan fingerprint density at radius 3 is 2.44 bits per heavy atom. The summed E-state index contributed by atoms with van der Waals surface area (Å²) in [5.41, 5.74) is 1.64. The summed E-state index contributed by atoms with van der Waals surface area (Å²) in [4.78, 5) is 24.1. The third kappa shape index (κ3) is 4.79. The van der Waals surface area contributed by atoms with Crippen LogP contribution in [0.3, 0.4) is 0 Å². The van der Waals surface area contributed by atoms with Crippen LogP contribution in [0.15, 0.2) is 35.0 Å². The van der Waals surface area contributed by atoms with Crippen molar-refractivity contribution in [1.29, 1.82) is 0 Å². The zero-order chi connectivity index (χ0) is 16.9. The average Bonchev–Trinajstić information content (AvgIpc) is 3.03. The topological polar surface area (TPSA) is 105 Å². The lowest BCUT2D eigenvalue weighted by Gasteiger charge is -2.22. The second kappa shape index (κ2) is 8.61. The number of halogens is 1. The maximum Gasteiger partial charge on any atom is 0.260 e. The summed E-state index contributed by atoms with van der Waals surface area (Å²) >= 11 is 0. The Labute approximate surface area is 150 Å². The summed E-state index contributed by atoms with van der Waals surface area (Å²) in [5.74, 6) is 0.0132. The van der Waals surface area contributed by atoms with Gasteiger partial charge in [0.05, 0.1) is 19.4 Å². The number of benzene rings is 1. The van der Waals surface area contributed by atoms with E-state index in [1.54, 1.807) is 31.2 Å². The zero-order valence-corrected chi connectivity index (χ0v) is 14.4. The summed E-state index contributed by atoms with van der Waals surface area (Å²) < 4.78 is 10.1. The number of hydrogen-bond acceptors (Lipinski definition) is 6. The molecule has 9 heteroatoms. The highest BCUT2D eigenvalue weighted by Gasteiger charge is 2.21. The number of carbonyl (C=O) groups is 2. The van der Waals surface area contributed by atoms with Crippen molar-refractivity contribution in [2.45, 2.75) is 13.0 Å². The Morgan fingerprint density at radius 1 is 1.20 bits per heavy atom. The SMILES string of the molecule is Cc1oncc1C(=O)Nc1ccc(NC(=O)C2COCCN2)cc1.Cl. The predicted octanol–water partition coefficient (Wildman–Crippen LogP) is 1.58. The van der Waals surface area contributed by atoms with Crippen molar-refractivity contribution >= 4 is 35.6 Å². The van der Waals surface area contributed by atoms with Crippen LogP contribution in [0.2, 0.25) is 0 Å². The van der Waals surface area contributed by atoms with E-state index < -0.39 is 0 Å². The fourth-order valence-electron chi connectivity index (χ4n) is 2.32. The van der Waals surface area contributed by atoms with Crippen molar-refractivity contribution < 1.29 is 18.8 Å². The number of rotatable bonds is 4. The first-order valence-corrected chi connectivity index (χ1v) is 7.58. The van der Waals surface area contributed by atoms with Crippen molar-refractivity contribution in [3.05, 3.63) is 41.8 Å². The molecule has 0 bridgehead atoms. The summed E-state index contributed by atoms with van der Waals surface area (Å²) in [6, 6.07) is 6.51. The zero-order valence-electron chi connectivity index (χ0n) is 13.6. The third-order valence-electron chi connectivity index (χ3n) is 3.64. The Hall–Kier alpha value is -2.42. The Morgan fingerprint density at radius 2 is 1.88 bits per heavy atom. The molecule has 1 unspecified atom stereocenters. The molecule has 25 heavy (non-hydrogen) atoms. The fraction of sp³-hybridized carbons (Fsp3) is 0.312. The molecule has 0 saturated carbocycles. The molecule has 1 aliphatic rings. The van der Waals surface area contributed by atoms with E-state index in [-0.39, 0.29) is 30.3 Å². The Balaban J connectivity index is 0.00000225. The minimum atomic E-state index is -0.352. The van der Waals surface area contributed by atoms with Gasteiger partial charge in [-0.05, 0) is 31.2 Å². The summed E-state index contributed by atoms with van der Waals surface area (Å²) in [5, 5.41) is 12.2. The molecule has 3 rings (SSSR count). The lowest BCUT2D eigenvalue weighted by molar-refractivity contribution is -0.120. The van der Waals surface area contributed by atoms with Crippen LogP contribution in [0, 0.1) is 6.92 Å². The molecule has 3 N–H and O–H groups in total. The largest absolute Gasteiger partial charge is 0.378 e. The van der Waals surface area contributed by atoms with E-state index in [4.69, 9.17) is 9.26 Å². The third-order valence-corrected chi connectivity index (χ3v) is 3.64. The molecular weight excluding hydrogens is 348 g/mol. The van der Waals surface area contributed by atoms with Crippen LogP contribution in [-0.2, 0) is 9.53 Å². The maximum absolute atomic E-state index is 12.1. The molecule has 0 radical (unpaired) electrons. The molecule has 1 aliphatic heterocycles. The first-order valence-electron chi connectivity index (χ1n) is 7.58. The van der Waals surface area contributed by atoms with Gasteiger partial charge in [0.1, 0.15) is 17.4 Å². The minimum absolute atomic E-state index is 0. The monoisotopic (exact) mass is 366 g/mol. The summed E-state index contributed by atoms with van der Waals surface area (Å²) in [6.07, 6.45) is 1.37. The van der Waals surface area contributed by atoms with Gasteiger partial charge in [-0.3, -0.25) is 9.59 Å². The molecule has 1 aromatic carbocycles. The minimum Gasteiger partial charge on any atom is -0.378 e. The average molecular weight is 367 g/mol. The smallest absolute Gasteiger partial charge is 0.260 e. The molecule has 1 atom stereocenters. The molecule has 8 nitrogen and oxygen atoms in total. The van der Waals surface area contributed by atoms with Gasteiger partial charge in [0.15, 0.2) is 0 Å². The van der Waals surface area contributed by atoms with Gasteiger partial charge in [-0.2, -0.15) is 0 Å². The Bertz CT molecular complexity index is 726. The summed E-state index contributed by atoms with van der Waals surface area (Å²) in [6.45, 7) is 3.30. The molecular formula is C16H19ClN4O4. The highest BCUT2D eigenvalue weighted by molar-refractivity contribution is 6.04. The first-order chi connectivity index (χ1) is 11.6. The van der Waals surface area contributed by atoms with Gasteiger partial charge in [-0.25, -0.2) is 0 Å². The van der Waals surface area contributed by atoms with Crippen molar-refractivity contribution in [2.75, 3.05) is 30.4 Å². The highest BCUT2D eigenvalue weighted by atomic mass is 35.5. The molecule has 1 fully saturated rings. The standard InChI is InChI=1S/C16H18N4O4.ClH/c1-10-13(8-18-24-10)15(21)19-11-2-4-12(5-3-11)20-16(22)14-9-23-7-6-17-14;/h2-5,8,14,17H,6-7,9H2,1H3,(H,19,21)(H,20,22);1H. The quantitative estimate of drug-likeness (QED) is 0.758. The van der Waals surface area contributed by atoms with Crippen LogP contribution >= 0.6 is 12.4 Å². The van der Waals surface area contributed by atoms with Crippen molar-refractivity contribution in [2.24, 2.45) is 0 Å². The molecule has 0 aliphatic carbocycles. The van der Waals surface area contributed by atoms with Gasteiger partial charge in [0, 0.05) is 17.9 Å². The predicted molar refractivity (Wildman–Crippen MR) is 94.1 cm³/mol. The van der Waals surface area contributed by atoms with Crippen molar-refractivity contribution in [1.82, 2.24) is 10.5 Å². The van der Waals surface area contributed by atoms with E-state index in [1.807, 2.05) is 0 Å². The number of hydrogen-bond donors (Lipinski definition) is 3. The van der Waals surface area contributed by atoms with Gasteiger partial charge in [0.25, 0.3) is 5.91 Å². The molecule has 0 spiro atoms. The first kappa shape index (κ1) is 18.9. The number of amides is 2. The summed E-state index contributed by atoms with van der Waals surface area (Å²) in [7, 11) is 0. The van der Waals surface area contributed by atoms with E-state index in [9.17, 15) is 9.59 Å². The van der Waals surface area contributed by atoms with E-state index in [2.05, 4.69) is 21.1 Å². The number of aromatic nitrogens is 1. The molecule has 2 aromatic rings. The molecule has 134 valence electrons. The van der Waals surface area contributed by atoms with Crippen LogP contribution < -0.4 is 16.0 Å². The van der Waals surface area contributed by atoms with Gasteiger partial charge in [-0.15, -0.1) is 12.4 Å². The number of aryl methyl sites for hydroxylation is 1. The lowest BCUT2D eigenvalue weighted by atomic mass is 10.2. The van der Waals surface area contributed by atoms with Crippen molar-refractivity contribution in [3.8, 4) is 0 Å². The maximum atomic E-state index is 12.1. The van der Waals surface area contributed by atoms with Gasteiger partial charge >= 0.3 is 0 Å². The second-order valence-corrected chi connectivity index (χ2v) is 5.40. The molecule has 2 amide bonds. The number of morpholine rings is 1. The lowest BCUT2D eigenvalue weighted by Crippen LogP contribution is -2.48. The molecule has 2 heterocycles. The normalized spacial score (nSPS) is 16.6. The molecule has 1 aromatic heterocycles. The number of nitrogens with one attached hydrogen (secondary N) is 3. The fourth-order valence-corrected chi connectivity index (χ4v) is 2.32.